The third-order valence-corrected chi connectivity index (χ3v) is 3.22. The number of rotatable bonds is 10. The van der Waals surface area contributed by atoms with Gasteiger partial charge in [0.15, 0.2) is 0 Å². The third kappa shape index (κ3) is 8.36. The summed E-state index contributed by atoms with van der Waals surface area (Å²) in [4.78, 5) is 15.6. The Morgan fingerprint density at radius 2 is 1.89 bits per heavy atom. The standard InChI is InChI=1S/C16H26N2O/c1-2-3-4-5-6-7-8-11-16(19)18-14-15-10-9-12-17-13-15/h9-10,12-13H,2-8,11,14H2,1H3,(H,18,19). The molecule has 0 spiro atoms. The molecule has 0 unspecified atom stereocenters. The van der Waals surface area contributed by atoms with E-state index in [1.54, 1.807) is 12.4 Å². The van der Waals surface area contributed by atoms with Crippen molar-refractivity contribution in [2.45, 2.75) is 64.8 Å². The van der Waals surface area contributed by atoms with Gasteiger partial charge in [0.2, 0.25) is 5.91 Å². The first kappa shape index (κ1) is 15.7. The predicted molar refractivity (Wildman–Crippen MR) is 78.7 cm³/mol. The molecule has 1 amide bonds. The average molecular weight is 262 g/mol. The molecule has 106 valence electrons. The Morgan fingerprint density at radius 3 is 2.58 bits per heavy atom. The van der Waals surface area contributed by atoms with Crippen LogP contribution in [-0.2, 0) is 11.3 Å². The summed E-state index contributed by atoms with van der Waals surface area (Å²) in [6.07, 6.45) is 12.9. The lowest BCUT2D eigenvalue weighted by Crippen LogP contribution is -2.22. The van der Waals surface area contributed by atoms with Gasteiger partial charge in [-0.25, -0.2) is 0 Å². The van der Waals surface area contributed by atoms with Gasteiger partial charge in [-0.15, -0.1) is 0 Å². The molecule has 0 radical (unpaired) electrons. The van der Waals surface area contributed by atoms with E-state index in [0.717, 1.165) is 12.0 Å². The molecule has 1 aromatic rings. The number of pyridine rings is 1. The fraction of sp³-hybridized carbons (Fsp3) is 0.625. The van der Waals surface area contributed by atoms with Crippen LogP contribution >= 0.6 is 0 Å². The van der Waals surface area contributed by atoms with E-state index in [4.69, 9.17) is 0 Å². The van der Waals surface area contributed by atoms with Crippen molar-refractivity contribution < 1.29 is 4.79 Å². The number of unbranched alkanes of at least 4 members (excludes halogenated alkanes) is 6. The van der Waals surface area contributed by atoms with Crippen molar-refractivity contribution in [3.63, 3.8) is 0 Å². The summed E-state index contributed by atoms with van der Waals surface area (Å²) in [6, 6.07) is 3.86. The number of carbonyl (C=O) groups excluding carboxylic acids is 1. The molecule has 1 aromatic heterocycles. The number of hydrogen-bond acceptors (Lipinski definition) is 2. The molecule has 0 atom stereocenters. The Labute approximate surface area is 116 Å². The van der Waals surface area contributed by atoms with Gasteiger partial charge in [0.1, 0.15) is 0 Å². The SMILES string of the molecule is CCCCCCCCCC(=O)NCc1cccnc1. The van der Waals surface area contributed by atoms with Crippen molar-refractivity contribution in [1.29, 1.82) is 0 Å². The summed E-state index contributed by atoms with van der Waals surface area (Å²) in [5.74, 6) is 0.150. The largest absolute Gasteiger partial charge is 0.352 e. The quantitative estimate of drug-likeness (QED) is 0.651. The molecule has 0 bridgehead atoms. The molecule has 3 nitrogen and oxygen atoms in total. The molecule has 1 N–H and O–H groups in total. The molecule has 0 aromatic carbocycles. The van der Waals surface area contributed by atoms with Crippen LogP contribution in [0.4, 0.5) is 0 Å². The van der Waals surface area contributed by atoms with Crippen LogP contribution in [-0.4, -0.2) is 10.9 Å². The summed E-state index contributed by atoms with van der Waals surface area (Å²) in [7, 11) is 0. The molecule has 3 heteroatoms. The van der Waals surface area contributed by atoms with E-state index in [1.165, 1.54) is 38.5 Å². The van der Waals surface area contributed by atoms with E-state index in [-0.39, 0.29) is 5.91 Å². The zero-order chi connectivity index (χ0) is 13.8. The van der Waals surface area contributed by atoms with Gasteiger partial charge in [-0.3, -0.25) is 9.78 Å². The van der Waals surface area contributed by atoms with Gasteiger partial charge in [0.05, 0.1) is 0 Å². The van der Waals surface area contributed by atoms with Gasteiger partial charge in [0, 0.05) is 25.4 Å². The number of aromatic nitrogens is 1. The summed E-state index contributed by atoms with van der Waals surface area (Å²) in [6.45, 7) is 2.82. The molecule has 0 saturated heterocycles. The Hall–Kier alpha value is -1.38. The van der Waals surface area contributed by atoms with E-state index in [0.29, 0.717) is 13.0 Å². The van der Waals surface area contributed by atoms with Crippen LogP contribution in [0.25, 0.3) is 0 Å². The van der Waals surface area contributed by atoms with E-state index in [2.05, 4.69) is 17.2 Å². The summed E-state index contributed by atoms with van der Waals surface area (Å²) in [5.41, 5.74) is 1.05. The summed E-state index contributed by atoms with van der Waals surface area (Å²) in [5, 5.41) is 2.93. The van der Waals surface area contributed by atoms with Crippen molar-refractivity contribution in [2.75, 3.05) is 0 Å². The first-order valence-electron chi connectivity index (χ1n) is 7.48. The van der Waals surface area contributed by atoms with Gasteiger partial charge in [-0.05, 0) is 18.1 Å². The minimum atomic E-state index is 0.150. The predicted octanol–water partition coefficient (Wildman–Crippen LogP) is 3.84. The second kappa shape index (κ2) is 10.5. The molecule has 0 fully saturated rings. The molecular weight excluding hydrogens is 236 g/mol. The highest BCUT2D eigenvalue weighted by atomic mass is 16.1. The molecule has 0 aliphatic rings. The normalized spacial score (nSPS) is 10.4. The van der Waals surface area contributed by atoms with Crippen LogP contribution in [0.5, 0.6) is 0 Å². The maximum Gasteiger partial charge on any atom is 0.220 e. The second-order valence-electron chi connectivity index (χ2n) is 5.01. The summed E-state index contributed by atoms with van der Waals surface area (Å²) < 4.78 is 0. The first-order valence-corrected chi connectivity index (χ1v) is 7.48. The van der Waals surface area contributed by atoms with E-state index in [9.17, 15) is 4.79 Å². The Bertz CT molecular complexity index is 338. The van der Waals surface area contributed by atoms with E-state index in [1.807, 2.05) is 12.1 Å². The number of nitrogens with one attached hydrogen (secondary N) is 1. The van der Waals surface area contributed by atoms with Crippen molar-refractivity contribution in [3.05, 3.63) is 30.1 Å². The van der Waals surface area contributed by atoms with Crippen molar-refractivity contribution in [1.82, 2.24) is 10.3 Å². The zero-order valence-corrected chi connectivity index (χ0v) is 12.0. The molecule has 0 aliphatic heterocycles. The van der Waals surface area contributed by atoms with Crippen LogP contribution in [0, 0.1) is 0 Å². The van der Waals surface area contributed by atoms with E-state index < -0.39 is 0 Å². The third-order valence-electron chi connectivity index (χ3n) is 3.22. The van der Waals surface area contributed by atoms with Crippen molar-refractivity contribution in [2.24, 2.45) is 0 Å². The molecule has 1 rings (SSSR count). The Kier molecular flexibility index (Phi) is 8.69. The Balaban J connectivity index is 1.96. The van der Waals surface area contributed by atoms with Gasteiger partial charge in [-0.2, -0.15) is 0 Å². The summed E-state index contributed by atoms with van der Waals surface area (Å²) >= 11 is 0. The van der Waals surface area contributed by atoms with Crippen molar-refractivity contribution in [3.8, 4) is 0 Å². The molecule has 0 aliphatic carbocycles. The maximum absolute atomic E-state index is 11.6. The van der Waals surface area contributed by atoms with Crippen molar-refractivity contribution >= 4 is 5.91 Å². The minimum absolute atomic E-state index is 0.150. The van der Waals surface area contributed by atoms with Gasteiger partial charge < -0.3 is 5.32 Å². The van der Waals surface area contributed by atoms with Crippen LogP contribution in [0.1, 0.15) is 63.9 Å². The first-order chi connectivity index (χ1) is 9.33. The number of amides is 1. The monoisotopic (exact) mass is 262 g/mol. The van der Waals surface area contributed by atoms with Crippen LogP contribution < -0.4 is 5.32 Å². The number of hydrogen-bond donors (Lipinski definition) is 1. The highest BCUT2D eigenvalue weighted by Crippen LogP contribution is 2.08. The minimum Gasteiger partial charge on any atom is -0.352 e. The maximum atomic E-state index is 11.6. The molecular formula is C16H26N2O. The fourth-order valence-electron chi connectivity index (χ4n) is 2.03. The lowest BCUT2D eigenvalue weighted by atomic mass is 10.1. The van der Waals surface area contributed by atoms with Crippen LogP contribution in [0.15, 0.2) is 24.5 Å². The average Bonchev–Trinajstić information content (AvgIpc) is 2.45. The lowest BCUT2D eigenvalue weighted by Gasteiger charge is -2.05. The highest BCUT2D eigenvalue weighted by Gasteiger charge is 2.01. The van der Waals surface area contributed by atoms with E-state index >= 15 is 0 Å². The highest BCUT2D eigenvalue weighted by molar-refractivity contribution is 5.75. The number of nitrogens with zero attached hydrogens (tertiary/aromatic N) is 1. The number of carbonyl (C=O) groups is 1. The smallest absolute Gasteiger partial charge is 0.220 e. The Morgan fingerprint density at radius 1 is 1.16 bits per heavy atom. The zero-order valence-electron chi connectivity index (χ0n) is 12.0. The molecule has 0 saturated carbocycles. The second-order valence-corrected chi connectivity index (χ2v) is 5.01. The molecule has 1 heterocycles. The van der Waals surface area contributed by atoms with Crippen LogP contribution in [0.2, 0.25) is 0 Å². The van der Waals surface area contributed by atoms with Gasteiger partial charge in [0.25, 0.3) is 0 Å². The van der Waals surface area contributed by atoms with Gasteiger partial charge in [-0.1, -0.05) is 51.5 Å². The fourth-order valence-corrected chi connectivity index (χ4v) is 2.03. The topological polar surface area (TPSA) is 42.0 Å². The van der Waals surface area contributed by atoms with Crippen LogP contribution in [0.3, 0.4) is 0 Å². The van der Waals surface area contributed by atoms with Gasteiger partial charge >= 0.3 is 0 Å². The molecule has 19 heavy (non-hydrogen) atoms. The lowest BCUT2D eigenvalue weighted by molar-refractivity contribution is -0.121.